The van der Waals surface area contributed by atoms with E-state index in [1.54, 1.807) is 27.2 Å². The highest BCUT2D eigenvalue weighted by Crippen LogP contribution is 2.21. The third-order valence-corrected chi connectivity index (χ3v) is 7.25. The fourth-order valence-corrected chi connectivity index (χ4v) is 4.92. The number of aryl methyl sites for hydroxylation is 1. The minimum atomic E-state index is -0.343. The summed E-state index contributed by atoms with van der Waals surface area (Å²) < 4.78 is 5.78. The molecule has 6 nitrogen and oxygen atoms in total. The highest BCUT2D eigenvalue weighted by molar-refractivity contribution is 7.09. The van der Waals surface area contributed by atoms with Crippen LogP contribution in [0.5, 0.6) is 0 Å². The molecular formula is C27H30ClN3O3S. The zero-order valence-electron chi connectivity index (χ0n) is 19.8. The Labute approximate surface area is 215 Å². The number of urea groups is 1. The Hall–Kier alpha value is -2.87. The number of benzene rings is 2. The van der Waals surface area contributed by atoms with Crippen molar-refractivity contribution in [2.75, 3.05) is 25.0 Å². The predicted octanol–water partition coefficient (Wildman–Crippen LogP) is 5.95. The molecule has 0 spiro atoms. The third-order valence-electron chi connectivity index (χ3n) is 5.98. The number of thiophene rings is 1. The van der Waals surface area contributed by atoms with Gasteiger partial charge < -0.3 is 19.9 Å². The van der Waals surface area contributed by atoms with E-state index in [0.29, 0.717) is 37.0 Å². The van der Waals surface area contributed by atoms with Crippen LogP contribution < -0.4 is 5.32 Å². The normalized spacial score (nSPS) is 15.1. The second-order valence-electron chi connectivity index (χ2n) is 8.72. The van der Waals surface area contributed by atoms with Crippen LogP contribution in [0.3, 0.4) is 0 Å². The first-order valence-corrected chi connectivity index (χ1v) is 13.0. The van der Waals surface area contributed by atoms with Crippen LogP contribution in [0, 0.1) is 6.92 Å². The first-order chi connectivity index (χ1) is 17.0. The Morgan fingerprint density at radius 2 is 1.91 bits per heavy atom. The molecule has 1 saturated heterocycles. The van der Waals surface area contributed by atoms with Crippen LogP contribution in [0.2, 0.25) is 5.02 Å². The maximum atomic E-state index is 13.6. The predicted molar refractivity (Wildman–Crippen MR) is 141 cm³/mol. The molecule has 1 unspecified atom stereocenters. The van der Waals surface area contributed by atoms with Crippen molar-refractivity contribution in [1.82, 2.24) is 9.80 Å². The van der Waals surface area contributed by atoms with Crippen molar-refractivity contribution >= 4 is 40.6 Å². The van der Waals surface area contributed by atoms with Gasteiger partial charge in [-0.3, -0.25) is 4.79 Å². The number of ether oxygens (including phenoxy) is 1. The summed E-state index contributed by atoms with van der Waals surface area (Å²) in [6.07, 6.45) is 1.76. The fourth-order valence-electron chi connectivity index (χ4n) is 4.02. The quantitative estimate of drug-likeness (QED) is 0.386. The lowest BCUT2D eigenvalue weighted by Crippen LogP contribution is -2.46. The molecule has 1 atom stereocenters. The first kappa shape index (κ1) is 25.2. The van der Waals surface area contributed by atoms with E-state index < -0.39 is 0 Å². The van der Waals surface area contributed by atoms with Gasteiger partial charge in [0, 0.05) is 35.3 Å². The van der Waals surface area contributed by atoms with Crippen molar-refractivity contribution in [1.29, 1.82) is 0 Å². The smallest absolute Gasteiger partial charge is 0.322 e. The number of carbonyl (C=O) groups is 2. The number of amides is 3. The monoisotopic (exact) mass is 511 g/mol. The molecule has 0 aliphatic carbocycles. The third kappa shape index (κ3) is 7.31. The molecule has 2 aromatic carbocycles. The molecule has 1 aliphatic rings. The van der Waals surface area contributed by atoms with E-state index in [4.69, 9.17) is 16.3 Å². The Bertz CT molecular complexity index is 1120. The minimum Gasteiger partial charge on any atom is -0.376 e. The first-order valence-electron chi connectivity index (χ1n) is 11.8. The Morgan fingerprint density at radius 3 is 2.60 bits per heavy atom. The Kier molecular flexibility index (Phi) is 8.79. The van der Waals surface area contributed by atoms with Gasteiger partial charge in [0.05, 0.1) is 12.6 Å². The van der Waals surface area contributed by atoms with Gasteiger partial charge in [0.2, 0.25) is 5.91 Å². The summed E-state index contributed by atoms with van der Waals surface area (Å²) in [5.74, 6) is -0.114. The molecule has 8 heteroatoms. The molecule has 2 heterocycles. The highest BCUT2D eigenvalue weighted by atomic mass is 35.5. The van der Waals surface area contributed by atoms with Gasteiger partial charge in [0.15, 0.2) is 0 Å². The summed E-state index contributed by atoms with van der Waals surface area (Å²) in [4.78, 5) is 31.3. The number of nitrogens with zero attached hydrogens (tertiary/aromatic N) is 2. The maximum Gasteiger partial charge on any atom is 0.322 e. The topological polar surface area (TPSA) is 61.9 Å². The number of rotatable bonds is 9. The van der Waals surface area contributed by atoms with Gasteiger partial charge in [-0.1, -0.05) is 54.1 Å². The largest absolute Gasteiger partial charge is 0.376 e. The van der Waals surface area contributed by atoms with Crippen molar-refractivity contribution in [2.45, 2.75) is 39.0 Å². The maximum absolute atomic E-state index is 13.6. The zero-order chi connectivity index (χ0) is 24.6. The van der Waals surface area contributed by atoms with Gasteiger partial charge in [-0.2, -0.15) is 0 Å². The van der Waals surface area contributed by atoms with Crippen molar-refractivity contribution in [3.05, 3.63) is 87.1 Å². The van der Waals surface area contributed by atoms with E-state index in [2.05, 4.69) is 5.32 Å². The molecule has 0 bridgehead atoms. The van der Waals surface area contributed by atoms with Crippen molar-refractivity contribution in [2.24, 2.45) is 0 Å². The Morgan fingerprint density at radius 1 is 1.09 bits per heavy atom. The van der Waals surface area contributed by atoms with Crippen molar-refractivity contribution in [3.63, 3.8) is 0 Å². The number of hydrogen-bond donors (Lipinski definition) is 1. The van der Waals surface area contributed by atoms with Crippen LogP contribution in [0.25, 0.3) is 0 Å². The number of nitrogens with one attached hydrogen (secondary N) is 1. The second kappa shape index (κ2) is 12.2. The van der Waals surface area contributed by atoms with Gasteiger partial charge in [0.25, 0.3) is 0 Å². The number of anilines is 1. The van der Waals surface area contributed by atoms with Crippen LogP contribution in [-0.2, 0) is 22.6 Å². The zero-order valence-corrected chi connectivity index (χ0v) is 21.4. The van der Waals surface area contributed by atoms with E-state index >= 15 is 0 Å². The van der Waals surface area contributed by atoms with Crippen molar-refractivity contribution in [3.8, 4) is 0 Å². The van der Waals surface area contributed by atoms with Crippen LogP contribution in [0.4, 0.5) is 10.5 Å². The lowest BCUT2D eigenvalue weighted by Gasteiger charge is -2.29. The summed E-state index contributed by atoms with van der Waals surface area (Å²) in [7, 11) is 0. The second-order valence-corrected chi connectivity index (χ2v) is 10.2. The van der Waals surface area contributed by atoms with E-state index in [-0.39, 0.29) is 24.6 Å². The van der Waals surface area contributed by atoms with E-state index in [1.807, 2.05) is 66.9 Å². The molecule has 35 heavy (non-hydrogen) atoms. The van der Waals surface area contributed by atoms with Crippen LogP contribution >= 0.6 is 22.9 Å². The summed E-state index contributed by atoms with van der Waals surface area (Å²) in [6.45, 7) is 3.87. The lowest BCUT2D eigenvalue weighted by atomic mass is 10.2. The van der Waals surface area contributed by atoms with Gasteiger partial charge in [-0.15, -0.1) is 11.3 Å². The molecular weight excluding hydrogens is 482 g/mol. The summed E-state index contributed by atoms with van der Waals surface area (Å²) >= 11 is 7.86. The number of halogens is 1. The molecule has 1 aromatic heterocycles. The fraction of sp³-hybridized carbons (Fsp3) is 0.333. The van der Waals surface area contributed by atoms with Crippen molar-refractivity contribution < 1.29 is 14.3 Å². The average Bonchev–Trinajstić information content (AvgIpc) is 3.56. The SMILES string of the molecule is Cc1ccc(NC(=O)N(CC(=O)N(Cc2ccccc2)Cc2cccs2)CC2CCCO2)cc1Cl. The molecule has 184 valence electrons. The van der Waals surface area contributed by atoms with E-state index in [0.717, 1.165) is 28.8 Å². The molecule has 3 amide bonds. The molecule has 1 aliphatic heterocycles. The summed E-state index contributed by atoms with van der Waals surface area (Å²) in [6, 6.07) is 19.0. The van der Waals surface area contributed by atoms with E-state index in [9.17, 15) is 9.59 Å². The van der Waals surface area contributed by atoms with Gasteiger partial charge >= 0.3 is 6.03 Å². The van der Waals surface area contributed by atoms with Gasteiger partial charge in [-0.25, -0.2) is 4.79 Å². The molecule has 1 N–H and O–H groups in total. The average molecular weight is 512 g/mol. The van der Waals surface area contributed by atoms with Crippen LogP contribution in [0.15, 0.2) is 66.0 Å². The van der Waals surface area contributed by atoms with Crippen LogP contribution in [0.1, 0.15) is 28.8 Å². The summed E-state index contributed by atoms with van der Waals surface area (Å²) in [5.41, 5.74) is 2.57. The molecule has 3 aromatic rings. The lowest BCUT2D eigenvalue weighted by molar-refractivity contribution is -0.133. The molecule has 0 radical (unpaired) electrons. The van der Waals surface area contributed by atoms with Gasteiger partial charge in [-0.05, 0) is 54.5 Å². The number of carbonyl (C=O) groups excluding carboxylic acids is 2. The minimum absolute atomic E-state index is 0.0382. The van der Waals surface area contributed by atoms with E-state index in [1.165, 1.54) is 0 Å². The summed E-state index contributed by atoms with van der Waals surface area (Å²) in [5, 5.41) is 5.48. The highest BCUT2D eigenvalue weighted by Gasteiger charge is 2.27. The standard InChI is InChI=1S/C27H30ClN3O3S/c1-20-11-12-22(15-25(20)28)29-27(33)31(17-23-9-5-13-34-23)19-26(32)30(18-24-10-6-14-35-24)16-21-7-3-2-4-8-21/h2-4,6-8,10-12,14-15,23H,5,9,13,16-19H2,1H3,(H,29,33). The van der Waals surface area contributed by atoms with Crippen LogP contribution in [-0.4, -0.2) is 47.5 Å². The van der Waals surface area contributed by atoms with Gasteiger partial charge in [0.1, 0.15) is 6.54 Å². The Balaban J connectivity index is 1.50. The molecule has 1 fully saturated rings. The molecule has 4 rings (SSSR count). The number of hydrogen-bond acceptors (Lipinski definition) is 4. The molecule has 0 saturated carbocycles.